The van der Waals surface area contributed by atoms with Gasteiger partial charge >= 0.3 is 0 Å². The lowest BCUT2D eigenvalue weighted by atomic mass is 9.82. The Kier molecular flexibility index (Phi) is 2.69. The van der Waals surface area contributed by atoms with E-state index in [0.717, 1.165) is 0 Å². The van der Waals surface area contributed by atoms with Gasteiger partial charge in [0, 0.05) is 17.7 Å². The van der Waals surface area contributed by atoms with E-state index in [0.29, 0.717) is 5.92 Å². The summed E-state index contributed by atoms with van der Waals surface area (Å²) in [5.41, 5.74) is 4.26. The van der Waals surface area contributed by atoms with Gasteiger partial charge in [-0.05, 0) is 30.4 Å². The normalized spacial score (nSPS) is 17.7. The van der Waals surface area contributed by atoms with Gasteiger partial charge in [-0.1, -0.05) is 39.7 Å². The fourth-order valence-corrected chi connectivity index (χ4v) is 3.27. The van der Waals surface area contributed by atoms with Crippen LogP contribution < -0.4 is 0 Å². The SMILES string of the molecule is CC(C)(C)c1c(C2CCCC2)nn2ccccc12. The molecule has 0 saturated heterocycles. The van der Waals surface area contributed by atoms with Crippen molar-refractivity contribution in [2.24, 2.45) is 0 Å². The van der Waals surface area contributed by atoms with Crippen LogP contribution in [-0.4, -0.2) is 9.61 Å². The third-order valence-corrected chi connectivity index (χ3v) is 4.06. The predicted octanol–water partition coefficient (Wildman–Crippen LogP) is 4.29. The molecule has 0 amide bonds. The molecular weight excluding hydrogens is 220 g/mol. The summed E-state index contributed by atoms with van der Waals surface area (Å²) in [5, 5.41) is 4.88. The van der Waals surface area contributed by atoms with E-state index >= 15 is 0 Å². The highest BCUT2D eigenvalue weighted by Crippen LogP contribution is 2.40. The van der Waals surface area contributed by atoms with Crippen LogP contribution in [0.4, 0.5) is 0 Å². The topological polar surface area (TPSA) is 17.3 Å². The maximum absolute atomic E-state index is 4.88. The number of fused-ring (bicyclic) bond motifs is 1. The number of nitrogens with zero attached hydrogens (tertiary/aromatic N) is 2. The zero-order valence-electron chi connectivity index (χ0n) is 11.6. The first-order chi connectivity index (χ1) is 8.57. The Morgan fingerprint density at radius 1 is 1.17 bits per heavy atom. The summed E-state index contributed by atoms with van der Waals surface area (Å²) in [6, 6.07) is 6.38. The Labute approximate surface area is 109 Å². The zero-order valence-corrected chi connectivity index (χ0v) is 11.6. The molecule has 2 aromatic rings. The minimum Gasteiger partial charge on any atom is -0.240 e. The van der Waals surface area contributed by atoms with E-state index in [2.05, 4.69) is 49.7 Å². The summed E-state index contributed by atoms with van der Waals surface area (Å²) in [6.07, 6.45) is 7.42. The molecule has 0 N–H and O–H groups in total. The average molecular weight is 242 g/mol. The Morgan fingerprint density at radius 2 is 1.89 bits per heavy atom. The molecule has 0 radical (unpaired) electrons. The van der Waals surface area contributed by atoms with Crippen molar-refractivity contribution in [1.82, 2.24) is 9.61 Å². The van der Waals surface area contributed by atoms with Crippen LogP contribution in [0.2, 0.25) is 0 Å². The smallest absolute Gasteiger partial charge is 0.0703 e. The number of aromatic nitrogens is 2. The lowest BCUT2D eigenvalue weighted by molar-refractivity contribution is 0.570. The van der Waals surface area contributed by atoms with Gasteiger partial charge in [-0.15, -0.1) is 0 Å². The highest BCUT2D eigenvalue weighted by atomic mass is 15.2. The molecule has 2 heteroatoms. The first kappa shape index (κ1) is 11.8. The molecule has 1 aliphatic rings. The van der Waals surface area contributed by atoms with Crippen LogP contribution >= 0.6 is 0 Å². The van der Waals surface area contributed by atoms with E-state index in [1.54, 1.807) is 0 Å². The molecule has 0 atom stereocenters. The van der Waals surface area contributed by atoms with Gasteiger partial charge in [0.25, 0.3) is 0 Å². The van der Waals surface area contributed by atoms with Crippen molar-refractivity contribution < 1.29 is 0 Å². The second-order valence-electron chi connectivity index (χ2n) is 6.52. The minimum atomic E-state index is 0.168. The van der Waals surface area contributed by atoms with Crippen molar-refractivity contribution in [3.05, 3.63) is 35.7 Å². The summed E-state index contributed by atoms with van der Waals surface area (Å²) < 4.78 is 2.06. The monoisotopic (exact) mass is 242 g/mol. The van der Waals surface area contributed by atoms with Crippen molar-refractivity contribution in [2.75, 3.05) is 0 Å². The largest absolute Gasteiger partial charge is 0.240 e. The lowest BCUT2D eigenvalue weighted by Crippen LogP contribution is -2.14. The summed E-state index contributed by atoms with van der Waals surface area (Å²) in [7, 11) is 0. The Hall–Kier alpha value is -1.31. The third-order valence-electron chi connectivity index (χ3n) is 4.06. The first-order valence-electron chi connectivity index (χ1n) is 7.05. The van der Waals surface area contributed by atoms with Gasteiger partial charge in [0.05, 0.1) is 11.2 Å². The Balaban J connectivity index is 2.23. The van der Waals surface area contributed by atoms with Crippen LogP contribution in [0.1, 0.15) is 63.6 Å². The maximum atomic E-state index is 4.88. The van der Waals surface area contributed by atoms with Crippen molar-refractivity contribution in [3.8, 4) is 0 Å². The van der Waals surface area contributed by atoms with Crippen molar-refractivity contribution >= 4 is 5.52 Å². The molecular formula is C16H22N2. The first-order valence-corrected chi connectivity index (χ1v) is 7.05. The zero-order chi connectivity index (χ0) is 12.8. The third kappa shape index (κ3) is 1.84. The van der Waals surface area contributed by atoms with Gasteiger partial charge in [-0.3, -0.25) is 0 Å². The van der Waals surface area contributed by atoms with Gasteiger partial charge < -0.3 is 0 Å². The van der Waals surface area contributed by atoms with Crippen molar-refractivity contribution in [2.45, 2.75) is 57.8 Å². The molecule has 1 aliphatic carbocycles. The predicted molar refractivity (Wildman–Crippen MR) is 75.1 cm³/mol. The molecule has 0 unspecified atom stereocenters. The molecule has 18 heavy (non-hydrogen) atoms. The molecule has 2 nitrogen and oxygen atoms in total. The van der Waals surface area contributed by atoms with Gasteiger partial charge in [-0.2, -0.15) is 5.10 Å². The van der Waals surface area contributed by atoms with E-state index in [9.17, 15) is 0 Å². The van der Waals surface area contributed by atoms with Gasteiger partial charge in [0.1, 0.15) is 0 Å². The van der Waals surface area contributed by atoms with Crippen LogP contribution in [0.15, 0.2) is 24.4 Å². The molecule has 2 heterocycles. The molecule has 3 rings (SSSR count). The van der Waals surface area contributed by atoms with Crippen LogP contribution in [0.5, 0.6) is 0 Å². The minimum absolute atomic E-state index is 0.168. The molecule has 0 aliphatic heterocycles. The van der Waals surface area contributed by atoms with Gasteiger partial charge in [0.2, 0.25) is 0 Å². The Morgan fingerprint density at radius 3 is 2.56 bits per heavy atom. The fourth-order valence-electron chi connectivity index (χ4n) is 3.27. The highest BCUT2D eigenvalue weighted by molar-refractivity contribution is 5.60. The van der Waals surface area contributed by atoms with Crippen molar-refractivity contribution in [1.29, 1.82) is 0 Å². The quantitative estimate of drug-likeness (QED) is 0.729. The molecule has 0 aromatic carbocycles. The van der Waals surface area contributed by atoms with Crippen molar-refractivity contribution in [3.63, 3.8) is 0 Å². The van der Waals surface area contributed by atoms with E-state index in [-0.39, 0.29) is 5.41 Å². The van der Waals surface area contributed by atoms with Crippen LogP contribution in [-0.2, 0) is 5.41 Å². The Bertz CT molecular complexity index is 554. The summed E-state index contributed by atoms with van der Waals surface area (Å²) in [4.78, 5) is 0. The van der Waals surface area contributed by atoms with Crippen LogP contribution in [0.25, 0.3) is 5.52 Å². The van der Waals surface area contributed by atoms with E-state index in [1.807, 2.05) is 0 Å². The average Bonchev–Trinajstić information content (AvgIpc) is 2.94. The van der Waals surface area contributed by atoms with Gasteiger partial charge in [0.15, 0.2) is 0 Å². The fraction of sp³-hybridized carbons (Fsp3) is 0.562. The maximum Gasteiger partial charge on any atom is 0.0703 e. The molecule has 1 saturated carbocycles. The highest BCUT2D eigenvalue weighted by Gasteiger charge is 2.30. The second-order valence-corrected chi connectivity index (χ2v) is 6.52. The standard InChI is InChI=1S/C16H22N2/c1-16(2,3)14-13-10-6-7-11-18(13)17-15(14)12-8-4-5-9-12/h6-7,10-12H,4-5,8-9H2,1-3H3. The van der Waals surface area contributed by atoms with E-state index in [1.165, 1.54) is 42.5 Å². The van der Waals surface area contributed by atoms with Gasteiger partial charge in [-0.25, -0.2) is 4.52 Å². The number of pyridine rings is 1. The summed E-state index contributed by atoms with van der Waals surface area (Å²) in [6.45, 7) is 6.90. The van der Waals surface area contributed by atoms with E-state index < -0.39 is 0 Å². The lowest BCUT2D eigenvalue weighted by Gasteiger charge is -2.21. The van der Waals surface area contributed by atoms with E-state index in [4.69, 9.17) is 5.10 Å². The molecule has 96 valence electrons. The summed E-state index contributed by atoms with van der Waals surface area (Å²) >= 11 is 0. The van der Waals surface area contributed by atoms with Crippen LogP contribution in [0.3, 0.4) is 0 Å². The number of hydrogen-bond donors (Lipinski definition) is 0. The molecule has 0 bridgehead atoms. The number of hydrogen-bond acceptors (Lipinski definition) is 1. The number of rotatable bonds is 1. The second kappa shape index (κ2) is 4.11. The summed E-state index contributed by atoms with van der Waals surface area (Å²) in [5.74, 6) is 0.680. The van der Waals surface area contributed by atoms with Crippen LogP contribution in [0, 0.1) is 0 Å². The molecule has 1 fully saturated rings. The molecule has 2 aromatic heterocycles. The molecule has 0 spiro atoms.